The third-order valence-corrected chi connectivity index (χ3v) is 6.67. The standard InChI is InChI=1S/C26H23F3N8O/c1-16-10-18(5-7-30-16)21-2-3-22-24(33-21)37(20-6-9-35(22)14-20)25(38)34-23-11-17(4-8-31-23)19-12-32-36(13-19)15-26(27,28)29/h2-5,7-8,10-13,20H,6,9,14-15H2,1H3,(H,31,34,38)/t20-/m0/s1. The Balaban J connectivity index is 1.28. The largest absolute Gasteiger partial charge is 0.408 e. The molecule has 4 aromatic rings. The van der Waals surface area contributed by atoms with Crippen molar-refractivity contribution in [2.45, 2.75) is 32.1 Å². The van der Waals surface area contributed by atoms with E-state index < -0.39 is 12.7 Å². The molecule has 2 amide bonds. The highest BCUT2D eigenvalue weighted by Crippen LogP contribution is 2.40. The van der Waals surface area contributed by atoms with E-state index in [0.717, 1.165) is 40.3 Å². The van der Waals surface area contributed by atoms with Gasteiger partial charge in [0.25, 0.3) is 0 Å². The van der Waals surface area contributed by atoms with Gasteiger partial charge in [0.1, 0.15) is 12.4 Å². The van der Waals surface area contributed by atoms with Crippen LogP contribution in [-0.4, -0.2) is 56.1 Å². The zero-order valence-electron chi connectivity index (χ0n) is 20.4. The predicted octanol–water partition coefficient (Wildman–Crippen LogP) is 4.90. The number of aromatic nitrogens is 5. The molecule has 1 saturated heterocycles. The summed E-state index contributed by atoms with van der Waals surface area (Å²) >= 11 is 0. The molecule has 38 heavy (non-hydrogen) atoms. The van der Waals surface area contributed by atoms with Gasteiger partial charge in [-0.2, -0.15) is 18.3 Å². The second-order valence-corrected chi connectivity index (χ2v) is 9.39. The van der Waals surface area contributed by atoms with Crippen LogP contribution in [0.4, 0.5) is 35.3 Å². The quantitative estimate of drug-likeness (QED) is 0.412. The highest BCUT2D eigenvalue weighted by molar-refractivity contribution is 6.04. The lowest BCUT2D eigenvalue weighted by Crippen LogP contribution is -2.48. The highest BCUT2D eigenvalue weighted by Gasteiger charge is 2.40. The summed E-state index contributed by atoms with van der Waals surface area (Å²) in [6, 6.07) is 10.6. The summed E-state index contributed by atoms with van der Waals surface area (Å²) in [7, 11) is 0. The maximum Gasteiger partial charge on any atom is 0.408 e. The lowest BCUT2D eigenvalue weighted by atomic mass is 10.1. The average Bonchev–Trinajstić information content (AvgIpc) is 3.51. The molecule has 194 valence electrons. The summed E-state index contributed by atoms with van der Waals surface area (Å²) in [5.41, 5.74) is 4.49. The number of urea groups is 1. The van der Waals surface area contributed by atoms with Crippen molar-refractivity contribution >= 4 is 23.4 Å². The van der Waals surface area contributed by atoms with Crippen molar-refractivity contribution in [3.63, 3.8) is 0 Å². The number of aryl methyl sites for hydroxylation is 1. The summed E-state index contributed by atoms with van der Waals surface area (Å²) in [5, 5.41) is 6.65. The van der Waals surface area contributed by atoms with Gasteiger partial charge in [0.2, 0.25) is 0 Å². The van der Waals surface area contributed by atoms with Gasteiger partial charge in [-0.25, -0.2) is 14.8 Å². The van der Waals surface area contributed by atoms with Gasteiger partial charge in [-0.05, 0) is 55.3 Å². The fraction of sp³-hybridized carbons (Fsp3) is 0.269. The molecule has 4 aromatic heterocycles. The molecule has 0 spiro atoms. The number of nitrogens with one attached hydrogen (secondary N) is 1. The van der Waals surface area contributed by atoms with Gasteiger partial charge in [0, 0.05) is 48.5 Å². The molecule has 6 heterocycles. The minimum Gasteiger partial charge on any atom is -0.366 e. The van der Waals surface area contributed by atoms with Crippen molar-refractivity contribution in [1.82, 2.24) is 24.7 Å². The fourth-order valence-electron chi connectivity index (χ4n) is 4.97. The number of carbonyl (C=O) groups excluding carboxylic acids is 1. The Hall–Kier alpha value is -4.48. The number of rotatable bonds is 4. The summed E-state index contributed by atoms with van der Waals surface area (Å²) in [6.07, 6.45) is 2.33. The average molecular weight is 521 g/mol. The minimum atomic E-state index is -4.37. The van der Waals surface area contributed by atoms with E-state index in [2.05, 4.69) is 25.3 Å². The Morgan fingerprint density at radius 3 is 2.71 bits per heavy atom. The number of hydrogen-bond acceptors (Lipinski definition) is 6. The third kappa shape index (κ3) is 4.64. The van der Waals surface area contributed by atoms with Crippen molar-refractivity contribution < 1.29 is 18.0 Å². The van der Waals surface area contributed by atoms with Gasteiger partial charge in [-0.1, -0.05) is 0 Å². The van der Waals surface area contributed by atoms with E-state index in [9.17, 15) is 18.0 Å². The molecule has 1 atom stereocenters. The molecule has 1 N–H and O–H groups in total. The Labute approximate surface area is 216 Å². The maximum absolute atomic E-state index is 13.6. The van der Waals surface area contributed by atoms with Gasteiger partial charge in [0.05, 0.1) is 23.6 Å². The zero-order chi connectivity index (χ0) is 26.4. The number of anilines is 3. The summed E-state index contributed by atoms with van der Waals surface area (Å²) in [4.78, 5) is 30.9. The fourth-order valence-corrected chi connectivity index (χ4v) is 4.97. The van der Waals surface area contributed by atoms with Gasteiger partial charge >= 0.3 is 12.2 Å². The number of pyridine rings is 3. The topological polar surface area (TPSA) is 92.1 Å². The Morgan fingerprint density at radius 2 is 1.89 bits per heavy atom. The lowest BCUT2D eigenvalue weighted by Gasteiger charge is -2.35. The van der Waals surface area contributed by atoms with Crippen LogP contribution in [0.25, 0.3) is 22.4 Å². The monoisotopic (exact) mass is 520 g/mol. The summed E-state index contributed by atoms with van der Waals surface area (Å²) in [6.45, 7) is 2.27. The molecule has 0 saturated carbocycles. The van der Waals surface area contributed by atoms with Crippen LogP contribution >= 0.6 is 0 Å². The first-order chi connectivity index (χ1) is 18.2. The van der Waals surface area contributed by atoms with E-state index in [0.29, 0.717) is 23.5 Å². The molecule has 9 nitrogen and oxygen atoms in total. The molecule has 0 radical (unpaired) electrons. The first kappa shape index (κ1) is 23.9. The van der Waals surface area contributed by atoms with Crippen LogP contribution in [0, 0.1) is 6.92 Å². The van der Waals surface area contributed by atoms with Gasteiger partial charge in [0.15, 0.2) is 5.82 Å². The Kier molecular flexibility index (Phi) is 5.73. The molecule has 2 aliphatic heterocycles. The molecular formula is C26H23F3N8O. The maximum atomic E-state index is 13.6. The normalized spacial score (nSPS) is 16.5. The number of carbonyl (C=O) groups is 1. The van der Waals surface area contributed by atoms with Crippen LogP contribution in [0.2, 0.25) is 0 Å². The van der Waals surface area contributed by atoms with Crippen LogP contribution in [0.1, 0.15) is 12.1 Å². The zero-order valence-corrected chi connectivity index (χ0v) is 20.4. The predicted molar refractivity (Wildman–Crippen MR) is 136 cm³/mol. The Morgan fingerprint density at radius 1 is 1.08 bits per heavy atom. The molecular weight excluding hydrogens is 497 g/mol. The van der Waals surface area contributed by atoms with E-state index >= 15 is 0 Å². The molecule has 1 fully saturated rings. The first-order valence-electron chi connectivity index (χ1n) is 12.1. The van der Waals surface area contributed by atoms with Gasteiger partial charge < -0.3 is 4.90 Å². The molecule has 0 aliphatic carbocycles. The lowest BCUT2D eigenvalue weighted by molar-refractivity contribution is -0.142. The van der Waals surface area contributed by atoms with Crippen LogP contribution in [0.15, 0.2) is 61.2 Å². The number of halogens is 3. The second-order valence-electron chi connectivity index (χ2n) is 9.39. The van der Waals surface area contributed by atoms with Gasteiger partial charge in [-0.3, -0.25) is 19.9 Å². The van der Waals surface area contributed by atoms with Crippen molar-refractivity contribution in [3.8, 4) is 22.4 Å². The van der Waals surface area contributed by atoms with Crippen molar-refractivity contribution in [3.05, 3.63) is 66.9 Å². The first-order valence-corrected chi connectivity index (χ1v) is 12.1. The van der Waals surface area contributed by atoms with E-state index in [4.69, 9.17) is 4.98 Å². The van der Waals surface area contributed by atoms with Crippen LogP contribution < -0.4 is 15.1 Å². The molecule has 2 aliphatic rings. The van der Waals surface area contributed by atoms with E-state index in [1.165, 1.54) is 18.6 Å². The molecule has 0 aromatic carbocycles. The van der Waals surface area contributed by atoms with Crippen LogP contribution in [0.3, 0.4) is 0 Å². The second kappa shape index (κ2) is 9.12. The third-order valence-electron chi connectivity index (χ3n) is 6.67. The number of fused-ring (bicyclic) bond motifs is 4. The van der Waals surface area contributed by atoms with Gasteiger partial charge in [-0.15, -0.1) is 0 Å². The molecule has 2 bridgehead atoms. The van der Waals surface area contributed by atoms with Crippen molar-refractivity contribution in [1.29, 1.82) is 0 Å². The van der Waals surface area contributed by atoms with Crippen LogP contribution in [0.5, 0.6) is 0 Å². The van der Waals surface area contributed by atoms with Crippen molar-refractivity contribution in [2.24, 2.45) is 0 Å². The number of amides is 2. The number of hydrogen-bond donors (Lipinski definition) is 1. The highest BCUT2D eigenvalue weighted by atomic mass is 19.4. The molecule has 0 unspecified atom stereocenters. The van der Waals surface area contributed by atoms with Crippen LogP contribution in [-0.2, 0) is 6.54 Å². The minimum absolute atomic E-state index is 0.0480. The summed E-state index contributed by atoms with van der Waals surface area (Å²) in [5.74, 6) is 0.853. The number of nitrogens with zero attached hydrogens (tertiary/aromatic N) is 7. The molecule has 6 rings (SSSR count). The van der Waals surface area contributed by atoms with Crippen molar-refractivity contribution in [2.75, 3.05) is 28.2 Å². The Bertz CT molecular complexity index is 1520. The smallest absolute Gasteiger partial charge is 0.366 e. The van der Waals surface area contributed by atoms with E-state index in [1.54, 1.807) is 23.2 Å². The number of alkyl halides is 3. The van der Waals surface area contributed by atoms with E-state index in [1.807, 2.05) is 31.2 Å². The SMILES string of the molecule is Cc1cc(-c2ccc3c(n2)N(C(=O)Nc2cc(-c4cnn(CC(F)(F)F)c4)ccn2)[C@H]2CCN3C2)ccn1. The van der Waals surface area contributed by atoms with E-state index in [-0.39, 0.29) is 17.9 Å². The molecule has 12 heteroatoms. The summed E-state index contributed by atoms with van der Waals surface area (Å²) < 4.78 is 39.0.